The van der Waals surface area contributed by atoms with Crippen molar-refractivity contribution in [2.24, 2.45) is 5.92 Å². The molecule has 6 heteroatoms. The topological polar surface area (TPSA) is 78.4 Å². The number of carbonyl (C=O) groups excluding carboxylic acids is 1. The molecule has 0 bridgehead atoms. The third kappa shape index (κ3) is 5.04. The molecule has 0 radical (unpaired) electrons. The molecule has 0 aromatic carbocycles. The molecule has 1 aromatic rings. The Labute approximate surface area is 129 Å². The minimum atomic E-state index is -1.00. The van der Waals surface area contributed by atoms with Crippen molar-refractivity contribution in [3.05, 3.63) is 22.4 Å². The van der Waals surface area contributed by atoms with Gasteiger partial charge in [0.1, 0.15) is 6.04 Å². The third-order valence-corrected chi connectivity index (χ3v) is 4.88. The van der Waals surface area contributed by atoms with Gasteiger partial charge in [-0.15, -0.1) is 11.3 Å². The van der Waals surface area contributed by atoms with Gasteiger partial charge in [-0.2, -0.15) is 0 Å². The number of rotatable bonds is 7. The normalized spacial score (nSPS) is 14.3. The van der Waals surface area contributed by atoms with Crippen LogP contribution in [0.4, 0.5) is 4.79 Å². The number of aliphatic carboxylic acids is 1. The van der Waals surface area contributed by atoms with Crippen LogP contribution in [0, 0.1) is 5.92 Å². The van der Waals surface area contributed by atoms with Crippen LogP contribution >= 0.6 is 11.3 Å². The van der Waals surface area contributed by atoms with Gasteiger partial charge in [0, 0.05) is 16.8 Å². The van der Waals surface area contributed by atoms with Crippen LogP contribution < -0.4 is 10.6 Å². The first-order chi connectivity index (χ1) is 9.77. The molecule has 1 heterocycles. The van der Waals surface area contributed by atoms with Crippen molar-refractivity contribution in [2.75, 3.05) is 6.54 Å². The molecule has 0 saturated carbocycles. The van der Waals surface area contributed by atoms with Crippen molar-refractivity contribution >= 4 is 23.3 Å². The van der Waals surface area contributed by atoms with Gasteiger partial charge in [0.2, 0.25) is 0 Å². The molecule has 0 saturated heterocycles. The van der Waals surface area contributed by atoms with Gasteiger partial charge in [0.15, 0.2) is 0 Å². The Bertz CT molecular complexity index is 471. The summed E-state index contributed by atoms with van der Waals surface area (Å²) in [5, 5.41) is 16.5. The fraction of sp³-hybridized carbons (Fsp3) is 0.600. The van der Waals surface area contributed by atoms with E-state index in [2.05, 4.69) is 10.6 Å². The lowest BCUT2D eigenvalue weighted by Gasteiger charge is -2.25. The Kier molecular flexibility index (Phi) is 6.20. The third-order valence-electron chi connectivity index (χ3n) is 3.64. The molecule has 0 fully saturated rings. The van der Waals surface area contributed by atoms with Crippen molar-refractivity contribution < 1.29 is 14.7 Å². The number of urea groups is 1. The number of nitrogens with one attached hydrogen (secondary N) is 2. The molecule has 1 rings (SSSR count). The lowest BCUT2D eigenvalue weighted by Crippen LogP contribution is -2.50. The summed E-state index contributed by atoms with van der Waals surface area (Å²) < 4.78 is 0. The van der Waals surface area contributed by atoms with Crippen LogP contribution in [-0.4, -0.2) is 29.7 Å². The van der Waals surface area contributed by atoms with Gasteiger partial charge in [0.05, 0.1) is 0 Å². The number of thiophene rings is 1. The van der Waals surface area contributed by atoms with E-state index in [4.69, 9.17) is 5.11 Å². The first kappa shape index (κ1) is 17.5. The van der Waals surface area contributed by atoms with E-state index in [0.29, 0.717) is 13.0 Å². The summed E-state index contributed by atoms with van der Waals surface area (Å²) in [5.41, 5.74) is -0.180. The number of carboxylic acids is 1. The maximum absolute atomic E-state index is 11.9. The zero-order valence-corrected chi connectivity index (χ0v) is 13.8. The summed E-state index contributed by atoms with van der Waals surface area (Å²) in [7, 11) is 0. The summed E-state index contributed by atoms with van der Waals surface area (Å²) in [6.07, 6.45) is 0.692. The molecular weight excluding hydrogens is 288 g/mol. The second-order valence-electron chi connectivity index (χ2n) is 5.89. The number of hydrogen-bond acceptors (Lipinski definition) is 3. The van der Waals surface area contributed by atoms with Gasteiger partial charge in [-0.3, -0.25) is 0 Å². The molecule has 0 aliphatic rings. The average molecular weight is 312 g/mol. The lowest BCUT2D eigenvalue weighted by molar-refractivity contribution is -0.140. The smallest absolute Gasteiger partial charge is 0.326 e. The molecule has 2 amide bonds. The summed E-state index contributed by atoms with van der Waals surface area (Å²) in [4.78, 5) is 24.3. The average Bonchev–Trinajstić information content (AvgIpc) is 2.96. The van der Waals surface area contributed by atoms with Crippen molar-refractivity contribution in [2.45, 2.75) is 45.6 Å². The first-order valence-electron chi connectivity index (χ1n) is 7.09. The van der Waals surface area contributed by atoms with Crippen molar-refractivity contribution in [3.63, 3.8) is 0 Å². The molecule has 3 N–H and O–H groups in total. The van der Waals surface area contributed by atoms with Gasteiger partial charge in [-0.25, -0.2) is 9.59 Å². The zero-order valence-electron chi connectivity index (χ0n) is 13.0. The zero-order chi connectivity index (χ0) is 16.0. The highest BCUT2D eigenvalue weighted by molar-refractivity contribution is 7.10. The Morgan fingerprint density at radius 1 is 1.43 bits per heavy atom. The fourth-order valence-electron chi connectivity index (χ4n) is 1.93. The van der Waals surface area contributed by atoms with Gasteiger partial charge in [-0.05, 0) is 17.4 Å². The van der Waals surface area contributed by atoms with Crippen LogP contribution in [0.2, 0.25) is 0 Å². The van der Waals surface area contributed by atoms with E-state index in [1.807, 2.05) is 45.2 Å². The SMILES string of the molecule is CC[C@H](C)[C@H](NC(=O)NCC(C)(C)c1cccs1)C(=O)O. The van der Waals surface area contributed by atoms with Crippen LogP contribution in [0.1, 0.15) is 39.0 Å². The Hall–Kier alpha value is -1.56. The van der Waals surface area contributed by atoms with E-state index in [-0.39, 0.29) is 11.3 Å². The van der Waals surface area contributed by atoms with Crippen molar-refractivity contribution in [3.8, 4) is 0 Å². The Balaban J connectivity index is 2.55. The monoisotopic (exact) mass is 312 g/mol. The highest BCUT2D eigenvalue weighted by Crippen LogP contribution is 2.26. The predicted molar refractivity (Wildman–Crippen MR) is 84.8 cm³/mol. The number of carbonyl (C=O) groups is 2. The Morgan fingerprint density at radius 3 is 2.57 bits per heavy atom. The second kappa shape index (κ2) is 7.45. The Morgan fingerprint density at radius 2 is 2.10 bits per heavy atom. The van der Waals surface area contributed by atoms with Crippen LogP contribution in [-0.2, 0) is 10.2 Å². The fourth-order valence-corrected chi connectivity index (χ4v) is 2.78. The summed E-state index contributed by atoms with van der Waals surface area (Å²) in [6, 6.07) is 2.71. The molecule has 0 unspecified atom stereocenters. The minimum Gasteiger partial charge on any atom is -0.480 e. The van der Waals surface area contributed by atoms with Crippen LogP contribution in [0.25, 0.3) is 0 Å². The van der Waals surface area contributed by atoms with Gasteiger partial charge in [0.25, 0.3) is 0 Å². The largest absolute Gasteiger partial charge is 0.480 e. The van der Waals surface area contributed by atoms with Crippen LogP contribution in [0.3, 0.4) is 0 Å². The molecule has 5 nitrogen and oxygen atoms in total. The van der Waals surface area contributed by atoms with Gasteiger partial charge < -0.3 is 15.7 Å². The molecule has 0 spiro atoms. The molecule has 1 aromatic heterocycles. The first-order valence-corrected chi connectivity index (χ1v) is 7.97. The summed E-state index contributed by atoms with van der Waals surface area (Å²) in [5.74, 6) is -1.12. The van der Waals surface area contributed by atoms with Crippen molar-refractivity contribution in [1.29, 1.82) is 0 Å². The molecule has 118 valence electrons. The molecular formula is C15H24N2O3S. The molecule has 0 aliphatic carbocycles. The van der Waals surface area contributed by atoms with E-state index in [1.165, 1.54) is 4.88 Å². The maximum atomic E-state index is 11.9. The molecule has 2 atom stereocenters. The minimum absolute atomic E-state index is 0.112. The molecule has 21 heavy (non-hydrogen) atoms. The summed E-state index contributed by atoms with van der Waals surface area (Å²) >= 11 is 1.64. The number of hydrogen-bond donors (Lipinski definition) is 3. The second-order valence-corrected chi connectivity index (χ2v) is 6.84. The number of amides is 2. The highest BCUT2D eigenvalue weighted by atomic mass is 32.1. The van der Waals surface area contributed by atoms with Crippen molar-refractivity contribution in [1.82, 2.24) is 10.6 Å². The summed E-state index contributed by atoms with van der Waals surface area (Å²) in [6.45, 7) is 8.26. The van der Waals surface area contributed by atoms with E-state index in [1.54, 1.807) is 11.3 Å². The lowest BCUT2D eigenvalue weighted by atomic mass is 9.91. The highest BCUT2D eigenvalue weighted by Gasteiger charge is 2.27. The standard InChI is InChI=1S/C15H24N2O3S/c1-5-10(2)12(13(18)19)17-14(20)16-9-15(3,4)11-7-6-8-21-11/h6-8,10,12H,5,9H2,1-4H3,(H,18,19)(H2,16,17,20)/t10-,12-/m0/s1. The van der Waals surface area contributed by atoms with Crippen LogP contribution in [0.5, 0.6) is 0 Å². The van der Waals surface area contributed by atoms with E-state index < -0.39 is 18.0 Å². The maximum Gasteiger partial charge on any atom is 0.326 e. The van der Waals surface area contributed by atoms with Crippen LogP contribution in [0.15, 0.2) is 17.5 Å². The van der Waals surface area contributed by atoms with E-state index in [9.17, 15) is 9.59 Å². The number of carboxylic acid groups (broad SMARTS) is 1. The van der Waals surface area contributed by atoms with E-state index in [0.717, 1.165) is 0 Å². The predicted octanol–water partition coefficient (Wildman–Crippen LogP) is 2.82. The molecule has 0 aliphatic heterocycles. The van der Waals surface area contributed by atoms with E-state index >= 15 is 0 Å². The quantitative estimate of drug-likeness (QED) is 0.724. The van der Waals surface area contributed by atoms with Gasteiger partial charge in [-0.1, -0.05) is 40.2 Å². The van der Waals surface area contributed by atoms with Gasteiger partial charge >= 0.3 is 12.0 Å².